The van der Waals surface area contributed by atoms with E-state index in [-0.39, 0.29) is 6.03 Å². The monoisotopic (exact) mass is 346 g/mol. The van der Waals surface area contributed by atoms with Crippen LogP contribution < -0.4 is 10.6 Å². The van der Waals surface area contributed by atoms with Gasteiger partial charge in [-0.1, -0.05) is 45.8 Å². The Bertz CT molecular complexity index is 640. The third-order valence-corrected chi connectivity index (χ3v) is 3.71. The summed E-state index contributed by atoms with van der Waals surface area (Å²) in [5.41, 5.74) is 4.29. The molecule has 0 aromatic heterocycles. The lowest BCUT2D eigenvalue weighted by Gasteiger charge is -2.10. The molecule has 0 bridgehead atoms. The molecule has 2 amide bonds. The van der Waals surface area contributed by atoms with Crippen molar-refractivity contribution in [1.82, 2.24) is 5.32 Å². The highest BCUT2D eigenvalue weighted by atomic mass is 79.9. The van der Waals surface area contributed by atoms with E-state index in [9.17, 15) is 4.79 Å². The van der Waals surface area contributed by atoms with Gasteiger partial charge in [-0.05, 0) is 49.6 Å². The number of nitrogens with one attached hydrogen (secondary N) is 2. The van der Waals surface area contributed by atoms with E-state index in [1.54, 1.807) is 0 Å². The maximum absolute atomic E-state index is 11.9. The van der Waals surface area contributed by atoms with E-state index in [0.717, 1.165) is 22.1 Å². The largest absolute Gasteiger partial charge is 0.338 e. The SMILES string of the molecule is Cc1ccc(NC(=O)NCCc2cccc(Br)c2)c(C)c1. The van der Waals surface area contributed by atoms with E-state index in [2.05, 4.69) is 44.8 Å². The quantitative estimate of drug-likeness (QED) is 0.844. The smallest absolute Gasteiger partial charge is 0.319 e. The summed E-state index contributed by atoms with van der Waals surface area (Å²) in [5, 5.41) is 5.75. The van der Waals surface area contributed by atoms with Gasteiger partial charge >= 0.3 is 6.03 Å². The van der Waals surface area contributed by atoms with Crippen LogP contribution in [-0.4, -0.2) is 12.6 Å². The Balaban J connectivity index is 1.82. The maximum Gasteiger partial charge on any atom is 0.319 e. The van der Waals surface area contributed by atoms with Gasteiger partial charge in [0.2, 0.25) is 0 Å². The molecule has 0 saturated heterocycles. The number of hydrogen-bond donors (Lipinski definition) is 2. The maximum atomic E-state index is 11.9. The van der Waals surface area contributed by atoms with Gasteiger partial charge in [0.1, 0.15) is 0 Å². The standard InChI is InChI=1S/C17H19BrN2O/c1-12-6-7-16(13(2)10-12)20-17(21)19-9-8-14-4-3-5-15(18)11-14/h3-7,10-11H,8-9H2,1-2H3,(H2,19,20,21). The lowest BCUT2D eigenvalue weighted by Crippen LogP contribution is -2.30. The fourth-order valence-electron chi connectivity index (χ4n) is 2.13. The molecular formula is C17H19BrN2O. The highest BCUT2D eigenvalue weighted by Gasteiger charge is 2.04. The molecule has 0 atom stereocenters. The fraction of sp³-hybridized carbons (Fsp3) is 0.235. The second-order valence-corrected chi connectivity index (χ2v) is 5.99. The normalized spacial score (nSPS) is 10.2. The molecule has 0 spiro atoms. The third-order valence-electron chi connectivity index (χ3n) is 3.22. The van der Waals surface area contributed by atoms with Gasteiger partial charge in [-0.15, -0.1) is 0 Å². The van der Waals surface area contributed by atoms with Crippen molar-refractivity contribution in [2.75, 3.05) is 11.9 Å². The summed E-state index contributed by atoms with van der Waals surface area (Å²) >= 11 is 3.44. The van der Waals surface area contributed by atoms with Crippen molar-refractivity contribution in [2.24, 2.45) is 0 Å². The Morgan fingerprint density at radius 1 is 1.14 bits per heavy atom. The molecule has 0 unspecified atom stereocenters. The molecule has 0 radical (unpaired) electrons. The number of aryl methyl sites for hydroxylation is 2. The van der Waals surface area contributed by atoms with Crippen molar-refractivity contribution in [3.63, 3.8) is 0 Å². The summed E-state index contributed by atoms with van der Waals surface area (Å²) in [6.45, 7) is 4.63. The molecule has 21 heavy (non-hydrogen) atoms. The zero-order valence-corrected chi connectivity index (χ0v) is 13.8. The lowest BCUT2D eigenvalue weighted by atomic mass is 10.1. The van der Waals surface area contributed by atoms with Crippen molar-refractivity contribution in [1.29, 1.82) is 0 Å². The van der Waals surface area contributed by atoms with Crippen LogP contribution in [0.15, 0.2) is 46.9 Å². The second-order valence-electron chi connectivity index (χ2n) is 5.08. The minimum Gasteiger partial charge on any atom is -0.338 e. The predicted molar refractivity (Wildman–Crippen MR) is 90.8 cm³/mol. The van der Waals surface area contributed by atoms with Crippen molar-refractivity contribution in [3.8, 4) is 0 Å². The van der Waals surface area contributed by atoms with Gasteiger partial charge in [-0.25, -0.2) is 4.79 Å². The first kappa shape index (κ1) is 15.6. The number of rotatable bonds is 4. The van der Waals surface area contributed by atoms with E-state index in [0.29, 0.717) is 6.54 Å². The van der Waals surface area contributed by atoms with Crippen LogP contribution >= 0.6 is 15.9 Å². The molecule has 0 aliphatic heterocycles. The van der Waals surface area contributed by atoms with Crippen molar-refractivity contribution < 1.29 is 4.79 Å². The predicted octanol–water partition coefficient (Wildman–Crippen LogP) is 4.43. The van der Waals surface area contributed by atoms with Crippen LogP contribution in [0.1, 0.15) is 16.7 Å². The average molecular weight is 347 g/mol. The first-order chi connectivity index (χ1) is 10.0. The Hall–Kier alpha value is -1.81. The number of carbonyl (C=O) groups excluding carboxylic acids is 1. The number of halogens is 1. The van der Waals surface area contributed by atoms with Crippen molar-refractivity contribution >= 4 is 27.6 Å². The first-order valence-corrected chi connectivity index (χ1v) is 7.70. The Morgan fingerprint density at radius 2 is 1.95 bits per heavy atom. The summed E-state index contributed by atoms with van der Waals surface area (Å²) < 4.78 is 1.06. The van der Waals surface area contributed by atoms with Gasteiger partial charge in [-0.3, -0.25) is 0 Å². The minimum absolute atomic E-state index is 0.169. The lowest BCUT2D eigenvalue weighted by molar-refractivity contribution is 0.252. The van der Waals surface area contributed by atoms with Crippen LogP contribution in [0, 0.1) is 13.8 Å². The number of urea groups is 1. The van der Waals surface area contributed by atoms with E-state index < -0.39 is 0 Å². The van der Waals surface area contributed by atoms with Crippen LogP contribution in [0.4, 0.5) is 10.5 Å². The minimum atomic E-state index is -0.169. The van der Waals surface area contributed by atoms with E-state index in [1.165, 1.54) is 11.1 Å². The van der Waals surface area contributed by atoms with Crippen LogP contribution in [0.3, 0.4) is 0 Å². The topological polar surface area (TPSA) is 41.1 Å². The fourth-order valence-corrected chi connectivity index (χ4v) is 2.58. The summed E-state index contributed by atoms with van der Waals surface area (Å²) in [6.07, 6.45) is 0.805. The molecule has 2 aromatic carbocycles. The molecule has 2 rings (SSSR count). The van der Waals surface area contributed by atoms with Crippen molar-refractivity contribution in [3.05, 3.63) is 63.6 Å². The summed E-state index contributed by atoms with van der Waals surface area (Å²) in [5.74, 6) is 0. The molecule has 110 valence electrons. The molecule has 0 fully saturated rings. The van der Waals surface area contributed by atoms with Gasteiger partial charge in [0.25, 0.3) is 0 Å². The molecule has 0 heterocycles. The van der Waals surface area contributed by atoms with Crippen LogP contribution in [-0.2, 0) is 6.42 Å². The number of benzene rings is 2. The number of carbonyl (C=O) groups is 1. The van der Waals surface area contributed by atoms with E-state index in [4.69, 9.17) is 0 Å². The molecule has 0 saturated carbocycles. The second kappa shape index (κ2) is 7.27. The molecule has 0 aliphatic carbocycles. The average Bonchev–Trinajstić information content (AvgIpc) is 2.42. The van der Waals surface area contributed by atoms with Crippen LogP contribution in [0.5, 0.6) is 0 Å². The van der Waals surface area contributed by atoms with E-state index >= 15 is 0 Å². The Labute approximate surface area is 133 Å². The molecular weight excluding hydrogens is 328 g/mol. The first-order valence-electron chi connectivity index (χ1n) is 6.91. The van der Waals surface area contributed by atoms with Gasteiger partial charge in [0.05, 0.1) is 0 Å². The summed E-state index contributed by atoms with van der Waals surface area (Å²) in [4.78, 5) is 11.9. The Kier molecular flexibility index (Phi) is 5.39. The molecule has 3 nitrogen and oxygen atoms in total. The number of hydrogen-bond acceptors (Lipinski definition) is 1. The number of amides is 2. The Morgan fingerprint density at radius 3 is 2.67 bits per heavy atom. The van der Waals surface area contributed by atoms with E-state index in [1.807, 2.05) is 38.1 Å². The highest BCUT2D eigenvalue weighted by molar-refractivity contribution is 9.10. The number of anilines is 1. The molecule has 2 N–H and O–H groups in total. The molecule has 4 heteroatoms. The molecule has 2 aromatic rings. The van der Waals surface area contributed by atoms with Crippen molar-refractivity contribution in [2.45, 2.75) is 20.3 Å². The zero-order chi connectivity index (χ0) is 15.2. The van der Waals surface area contributed by atoms with Crippen LogP contribution in [0.2, 0.25) is 0 Å². The third kappa shape index (κ3) is 4.90. The van der Waals surface area contributed by atoms with Gasteiger partial charge in [-0.2, -0.15) is 0 Å². The molecule has 0 aliphatic rings. The van der Waals surface area contributed by atoms with Gasteiger partial charge < -0.3 is 10.6 Å². The summed E-state index contributed by atoms with van der Waals surface area (Å²) in [7, 11) is 0. The van der Waals surface area contributed by atoms with Gasteiger partial charge in [0, 0.05) is 16.7 Å². The van der Waals surface area contributed by atoms with Gasteiger partial charge in [0.15, 0.2) is 0 Å². The highest BCUT2D eigenvalue weighted by Crippen LogP contribution is 2.15. The van der Waals surface area contributed by atoms with Crippen LogP contribution in [0.25, 0.3) is 0 Å². The zero-order valence-electron chi connectivity index (χ0n) is 12.2. The summed E-state index contributed by atoms with van der Waals surface area (Å²) in [6, 6.07) is 13.9.